The van der Waals surface area contributed by atoms with Crippen LogP contribution in [0.3, 0.4) is 0 Å². The number of hydrogen-bond donors (Lipinski definition) is 1. The van der Waals surface area contributed by atoms with E-state index in [1.807, 2.05) is 11.4 Å². The Balaban J connectivity index is 1.53. The number of hydrogen-bond acceptors (Lipinski definition) is 6. The molecule has 0 radical (unpaired) electrons. The lowest BCUT2D eigenvalue weighted by Gasteiger charge is -2.07. The van der Waals surface area contributed by atoms with Gasteiger partial charge in [0.2, 0.25) is 4.96 Å². The monoisotopic (exact) mass is 474 g/mol. The van der Waals surface area contributed by atoms with Crippen LogP contribution in [0.2, 0.25) is 10.0 Å². The average Bonchev–Trinajstić information content (AvgIpc) is 3.32. The van der Waals surface area contributed by atoms with Crippen LogP contribution >= 0.6 is 34.5 Å². The molecule has 10 heteroatoms. The molecule has 2 heterocycles. The first-order valence-electron chi connectivity index (χ1n) is 8.99. The Morgan fingerprint density at radius 2 is 2.00 bits per heavy atom. The minimum Gasteiger partial charge on any atom is -0.497 e. The number of nitrogens with zero attached hydrogens (tertiary/aromatic N) is 3. The standard InChI is InChI=1S/C21H16Cl2N4O3S/c1-29-14-6-3-12(18(10-14)30-2)4-8-19(28)24-20-25-21-27(26-20)17(11-31-21)15-7-5-13(22)9-16(15)23/h3-11H,1-2H3,(H,24,26,28)/b8-4+. The molecule has 0 unspecified atom stereocenters. The molecule has 2 aromatic carbocycles. The lowest BCUT2D eigenvalue weighted by Crippen LogP contribution is -2.09. The minimum atomic E-state index is -0.373. The molecule has 0 aliphatic heterocycles. The molecule has 0 aliphatic carbocycles. The number of benzene rings is 2. The third kappa shape index (κ3) is 4.51. The highest BCUT2D eigenvalue weighted by Crippen LogP contribution is 2.33. The summed E-state index contributed by atoms with van der Waals surface area (Å²) in [6, 6.07) is 10.6. The lowest BCUT2D eigenvalue weighted by molar-refractivity contribution is -0.111. The second-order valence-corrected chi connectivity index (χ2v) is 7.99. The summed E-state index contributed by atoms with van der Waals surface area (Å²) >= 11 is 13.7. The fourth-order valence-corrected chi connectivity index (χ4v) is 4.22. The molecular formula is C21H16Cl2N4O3S. The smallest absolute Gasteiger partial charge is 0.250 e. The first-order valence-corrected chi connectivity index (χ1v) is 10.6. The van der Waals surface area contributed by atoms with Crippen LogP contribution in [0.25, 0.3) is 22.3 Å². The number of halogens is 2. The van der Waals surface area contributed by atoms with E-state index in [9.17, 15) is 4.79 Å². The summed E-state index contributed by atoms with van der Waals surface area (Å²) in [5.74, 6) is 1.07. The quantitative estimate of drug-likeness (QED) is 0.376. The van der Waals surface area contributed by atoms with Crippen molar-refractivity contribution in [2.45, 2.75) is 0 Å². The second-order valence-electron chi connectivity index (χ2n) is 6.31. The van der Waals surface area contributed by atoms with E-state index in [0.717, 1.165) is 16.8 Å². The Bertz CT molecular complexity index is 1300. The molecule has 0 bridgehead atoms. The van der Waals surface area contributed by atoms with E-state index in [4.69, 9.17) is 32.7 Å². The Labute approximate surface area is 191 Å². The summed E-state index contributed by atoms with van der Waals surface area (Å²) in [5, 5.41) is 10.00. The number of carbonyl (C=O) groups excluding carboxylic acids is 1. The number of rotatable bonds is 6. The number of amides is 1. The molecule has 31 heavy (non-hydrogen) atoms. The van der Waals surface area contributed by atoms with Crippen molar-refractivity contribution in [1.29, 1.82) is 0 Å². The minimum absolute atomic E-state index is 0.189. The normalized spacial score (nSPS) is 11.2. The van der Waals surface area contributed by atoms with Crippen LogP contribution in [0.5, 0.6) is 11.5 Å². The Hall–Kier alpha value is -3.07. The van der Waals surface area contributed by atoms with Crippen molar-refractivity contribution >= 4 is 57.4 Å². The Kier molecular flexibility index (Phi) is 6.13. The highest BCUT2D eigenvalue weighted by molar-refractivity contribution is 7.15. The van der Waals surface area contributed by atoms with Crippen LogP contribution < -0.4 is 14.8 Å². The van der Waals surface area contributed by atoms with Crippen LogP contribution in [0.15, 0.2) is 47.9 Å². The maximum atomic E-state index is 12.4. The van der Waals surface area contributed by atoms with Crippen LogP contribution in [0.4, 0.5) is 5.95 Å². The summed E-state index contributed by atoms with van der Waals surface area (Å²) in [5.41, 5.74) is 2.26. The van der Waals surface area contributed by atoms with E-state index in [0.29, 0.717) is 26.5 Å². The Morgan fingerprint density at radius 3 is 2.74 bits per heavy atom. The molecule has 158 valence electrons. The van der Waals surface area contributed by atoms with Crippen molar-refractivity contribution in [3.63, 3.8) is 0 Å². The number of ether oxygens (including phenoxy) is 2. The van der Waals surface area contributed by atoms with E-state index >= 15 is 0 Å². The van der Waals surface area contributed by atoms with E-state index < -0.39 is 0 Å². The largest absolute Gasteiger partial charge is 0.497 e. The van der Waals surface area contributed by atoms with Crippen LogP contribution in [0, 0.1) is 0 Å². The van der Waals surface area contributed by atoms with Crippen molar-refractivity contribution in [3.05, 3.63) is 63.5 Å². The third-order valence-electron chi connectivity index (χ3n) is 4.38. The fraction of sp³-hybridized carbons (Fsp3) is 0.0952. The number of methoxy groups -OCH3 is 2. The summed E-state index contributed by atoms with van der Waals surface area (Å²) in [7, 11) is 3.13. The number of anilines is 1. The van der Waals surface area contributed by atoms with Crippen molar-refractivity contribution in [3.8, 4) is 22.8 Å². The fourth-order valence-electron chi connectivity index (χ4n) is 2.89. The van der Waals surface area contributed by atoms with Gasteiger partial charge in [0.15, 0.2) is 0 Å². The van der Waals surface area contributed by atoms with Gasteiger partial charge in [0, 0.05) is 33.7 Å². The SMILES string of the molecule is COc1ccc(/C=C/C(=O)Nc2nc3scc(-c4ccc(Cl)cc4Cl)n3n2)c(OC)c1. The summed E-state index contributed by atoms with van der Waals surface area (Å²) < 4.78 is 12.1. The zero-order valence-corrected chi connectivity index (χ0v) is 18.8. The zero-order valence-electron chi connectivity index (χ0n) is 16.4. The maximum absolute atomic E-state index is 12.4. The molecule has 0 fully saturated rings. The van der Waals surface area contributed by atoms with Gasteiger partial charge in [0.05, 0.1) is 24.9 Å². The molecule has 1 amide bonds. The van der Waals surface area contributed by atoms with Gasteiger partial charge in [0.25, 0.3) is 11.9 Å². The molecule has 0 saturated heterocycles. The third-order valence-corrected chi connectivity index (χ3v) is 5.74. The first-order chi connectivity index (χ1) is 15.0. The van der Waals surface area contributed by atoms with Crippen LogP contribution in [0.1, 0.15) is 5.56 Å². The number of fused-ring (bicyclic) bond motifs is 1. The van der Waals surface area contributed by atoms with Gasteiger partial charge in [0.1, 0.15) is 11.5 Å². The topological polar surface area (TPSA) is 77.8 Å². The van der Waals surface area contributed by atoms with E-state index in [2.05, 4.69) is 15.4 Å². The van der Waals surface area contributed by atoms with E-state index in [-0.39, 0.29) is 11.9 Å². The van der Waals surface area contributed by atoms with Crippen molar-refractivity contribution in [2.75, 3.05) is 19.5 Å². The molecule has 4 rings (SSSR count). The summed E-state index contributed by atoms with van der Waals surface area (Å²) in [4.78, 5) is 17.3. The Morgan fingerprint density at radius 1 is 1.16 bits per heavy atom. The highest BCUT2D eigenvalue weighted by Gasteiger charge is 2.15. The molecule has 1 N–H and O–H groups in total. The molecule has 0 atom stereocenters. The van der Waals surface area contributed by atoms with E-state index in [1.54, 1.807) is 55.1 Å². The van der Waals surface area contributed by atoms with Gasteiger partial charge in [-0.2, -0.15) is 4.98 Å². The number of thiazole rings is 1. The molecule has 2 aromatic heterocycles. The van der Waals surface area contributed by atoms with Gasteiger partial charge in [-0.15, -0.1) is 16.4 Å². The van der Waals surface area contributed by atoms with Gasteiger partial charge in [-0.05, 0) is 36.4 Å². The van der Waals surface area contributed by atoms with Crippen LogP contribution in [-0.4, -0.2) is 34.7 Å². The van der Waals surface area contributed by atoms with Gasteiger partial charge in [-0.3, -0.25) is 10.1 Å². The van der Waals surface area contributed by atoms with E-state index in [1.165, 1.54) is 17.4 Å². The van der Waals surface area contributed by atoms with Crippen molar-refractivity contribution < 1.29 is 14.3 Å². The average molecular weight is 475 g/mol. The van der Waals surface area contributed by atoms with Gasteiger partial charge in [-0.25, -0.2) is 4.52 Å². The van der Waals surface area contributed by atoms with Gasteiger partial charge in [-0.1, -0.05) is 23.2 Å². The molecule has 0 aliphatic rings. The zero-order chi connectivity index (χ0) is 22.0. The van der Waals surface area contributed by atoms with Crippen LogP contribution in [-0.2, 0) is 4.79 Å². The summed E-state index contributed by atoms with van der Waals surface area (Å²) in [6.45, 7) is 0. The lowest BCUT2D eigenvalue weighted by atomic mass is 10.1. The summed E-state index contributed by atoms with van der Waals surface area (Å²) in [6.07, 6.45) is 3.03. The molecule has 7 nitrogen and oxygen atoms in total. The number of nitrogens with one attached hydrogen (secondary N) is 1. The maximum Gasteiger partial charge on any atom is 0.250 e. The predicted octanol–water partition coefficient (Wildman–Crippen LogP) is 5.43. The first kappa shape index (κ1) is 21.2. The molecular weight excluding hydrogens is 459 g/mol. The highest BCUT2D eigenvalue weighted by atomic mass is 35.5. The second kappa shape index (κ2) is 8.97. The number of carbonyl (C=O) groups is 1. The van der Waals surface area contributed by atoms with Gasteiger partial charge < -0.3 is 9.47 Å². The molecule has 0 spiro atoms. The molecule has 4 aromatic rings. The predicted molar refractivity (Wildman–Crippen MR) is 124 cm³/mol. The number of aromatic nitrogens is 3. The van der Waals surface area contributed by atoms with Gasteiger partial charge >= 0.3 is 0 Å². The van der Waals surface area contributed by atoms with Crippen molar-refractivity contribution in [1.82, 2.24) is 14.6 Å². The molecule has 0 saturated carbocycles. The van der Waals surface area contributed by atoms with Crippen molar-refractivity contribution in [2.24, 2.45) is 0 Å².